The molecule has 0 aromatic rings. The summed E-state index contributed by atoms with van der Waals surface area (Å²) in [5, 5.41) is 12.3. The maximum Gasteiger partial charge on any atom is 0.0636 e. The molecule has 2 heteroatoms. The first-order valence-electron chi connectivity index (χ1n) is 4.25. The van der Waals surface area contributed by atoms with Gasteiger partial charge in [0.15, 0.2) is 0 Å². The topological polar surface area (TPSA) is 32.3 Å². The lowest BCUT2D eigenvalue weighted by molar-refractivity contribution is 0.172. The van der Waals surface area contributed by atoms with Crippen LogP contribution in [0.15, 0.2) is 0 Å². The number of hydrogen-bond donors (Lipinski definition) is 2. The second-order valence-corrected chi connectivity index (χ2v) is 4.34. The molecule has 11 heavy (non-hydrogen) atoms. The Kier molecular flexibility index (Phi) is 4.04. The van der Waals surface area contributed by atoms with Gasteiger partial charge >= 0.3 is 0 Å². The highest BCUT2D eigenvalue weighted by Gasteiger charge is 2.19. The van der Waals surface area contributed by atoms with E-state index < -0.39 is 0 Å². The molecule has 2 atom stereocenters. The van der Waals surface area contributed by atoms with Gasteiger partial charge in [-0.3, -0.25) is 0 Å². The van der Waals surface area contributed by atoms with Crippen LogP contribution in [0.3, 0.4) is 0 Å². The van der Waals surface area contributed by atoms with Gasteiger partial charge in [0.1, 0.15) is 0 Å². The van der Waals surface area contributed by atoms with Crippen LogP contribution in [0.2, 0.25) is 0 Å². The molecule has 2 unspecified atom stereocenters. The molecule has 0 aliphatic heterocycles. The van der Waals surface area contributed by atoms with E-state index in [1.54, 1.807) is 6.92 Å². The molecule has 0 radical (unpaired) electrons. The van der Waals surface area contributed by atoms with Crippen molar-refractivity contribution in [1.29, 1.82) is 0 Å². The summed E-state index contributed by atoms with van der Waals surface area (Å²) in [7, 11) is 0. The van der Waals surface area contributed by atoms with Crippen molar-refractivity contribution in [3.63, 3.8) is 0 Å². The van der Waals surface area contributed by atoms with Crippen LogP contribution in [0.1, 0.15) is 34.6 Å². The fraction of sp³-hybridized carbons (Fsp3) is 1.00. The normalized spacial score (nSPS) is 18.0. The van der Waals surface area contributed by atoms with Crippen molar-refractivity contribution >= 4 is 0 Å². The van der Waals surface area contributed by atoms with Gasteiger partial charge in [0.2, 0.25) is 0 Å². The van der Waals surface area contributed by atoms with Crippen LogP contribution >= 0.6 is 0 Å². The van der Waals surface area contributed by atoms with E-state index in [1.807, 2.05) is 0 Å². The van der Waals surface area contributed by atoms with Gasteiger partial charge < -0.3 is 10.4 Å². The molecule has 0 aliphatic carbocycles. The second-order valence-electron chi connectivity index (χ2n) is 4.34. The molecule has 2 N–H and O–H groups in total. The average Bonchev–Trinajstić information content (AvgIpc) is 1.80. The zero-order valence-electron chi connectivity index (χ0n) is 8.31. The van der Waals surface area contributed by atoms with Crippen LogP contribution in [0.4, 0.5) is 0 Å². The fourth-order valence-electron chi connectivity index (χ4n) is 0.654. The van der Waals surface area contributed by atoms with E-state index in [2.05, 4.69) is 33.0 Å². The summed E-state index contributed by atoms with van der Waals surface area (Å²) in [5.41, 5.74) is 0.273. The molecule has 0 aromatic heterocycles. The summed E-state index contributed by atoms with van der Waals surface area (Å²) >= 11 is 0. The molecule has 0 saturated carbocycles. The van der Waals surface area contributed by atoms with Crippen molar-refractivity contribution in [2.45, 2.75) is 46.8 Å². The molecule has 2 nitrogen and oxygen atoms in total. The third kappa shape index (κ3) is 5.22. The maximum atomic E-state index is 9.00. The molecule has 0 aromatic carbocycles. The smallest absolute Gasteiger partial charge is 0.0636 e. The Balaban J connectivity index is 3.61. The molecule has 0 spiro atoms. The lowest BCUT2D eigenvalue weighted by Crippen LogP contribution is -2.40. The van der Waals surface area contributed by atoms with Gasteiger partial charge in [-0.2, -0.15) is 0 Å². The first kappa shape index (κ1) is 10.9. The Morgan fingerprint density at radius 1 is 1.27 bits per heavy atom. The number of nitrogens with one attached hydrogen (secondary N) is 1. The minimum Gasteiger partial charge on any atom is -0.392 e. The SMILES string of the molecule is CC(O)CNC(C)C(C)(C)C. The molecule has 0 amide bonds. The van der Waals surface area contributed by atoms with Crippen molar-refractivity contribution in [1.82, 2.24) is 5.32 Å². The van der Waals surface area contributed by atoms with Gasteiger partial charge in [-0.15, -0.1) is 0 Å². The van der Waals surface area contributed by atoms with Gasteiger partial charge in [0.25, 0.3) is 0 Å². The van der Waals surface area contributed by atoms with Crippen molar-refractivity contribution in [3.05, 3.63) is 0 Å². The molecule has 0 rings (SSSR count). The first-order chi connectivity index (χ1) is 4.84. The number of aliphatic hydroxyl groups excluding tert-OH is 1. The van der Waals surface area contributed by atoms with E-state index in [-0.39, 0.29) is 11.5 Å². The van der Waals surface area contributed by atoms with Crippen LogP contribution in [0.5, 0.6) is 0 Å². The Hall–Kier alpha value is -0.0800. The van der Waals surface area contributed by atoms with Crippen LogP contribution in [0.25, 0.3) is 0 Å². The predicted octanol–water partition coefficient (Wildman–Crippen LogP) is 1.39. The molecular formula is C9H21NO. The van der Waals surface area contributed by atoms with E-state index in [4.69, 9.17) is 5.11 Å². The quantitative estimate of drug-likeness (QED) is 0.652. The highest BCUT2D eigenvalue weighted by atomic mass is 16.3. The van der Waals surface area contributed by atoms with E-state index in [0.717, 1.165) is 0 Å². The Morgan fingerprint density at radius 3 is 2.00 bits per heavy atom. The van der Waals surface area contributed by atoms with Gasteiger partial charge in [0, 0.05) is 12.6 Å². The van der Waals surface area contributed by atoms with Crippen molar-refractivity contribution in [2.24, 2.45) is 5.41 Å². The largest absolute Gasteiger partial charge is 0.392 e. The van der Waals surface area contributed by atoms with Crippen LogP contribution < -0.4 is 5.32 Å². The molecule has 0 aliphatic rings. The lowest BCUT2D eigenvalue weighted by Gasteiger charge is -2.28. The minimum atomic E-state index is -0.250. The van der Waals surface area contributed by atoms with E-state index in [0.29, 0.717) is 12.6 Å². The Morgan fingerprint density at radius 2 is 1.73 bits per heavy atom. The minimum absolute atomic E-state index is 0.250. The number of hydrogen-bond acceptors (Lipinski definition) is 2. The van der Waals surface area contributed by atoms with Gasteiger partial charge in [0.05, 0.1) is 6.10 Å². The van der Waals surface area contributed by atoms with E-state index in [1.165, 1.54) is 0 Å². The molecule has 0 fully saturated rings. The highest BCUT2D eigenvalue weighted by molar-refractivity contribution is 4.76. The summed E-state index contributed by atoms with van der Waals surface area (Å²) < 4.78 is 0. The zero-order valence-corrected chi connectivity index (χ0v) is 8.31. The lowest BCUT2D eigenvalue weighted by atomic mass is 9.88. The van der Waals surface area contributed by atoms with Gasteiger partial charge in [-0.1, -0.05) is 20.8 Å². The highest BCUT2D eigenvalue weighted by Crippen LogP contribution is 2.18. The van der Waals surface area contributed by atoms with Gasteiger partial charge in [-0.05, 0) is 19.3 Å². The van der Waals surface area contributed by atoms with Crippen LogP contribution in [-0.4, -0.2) is 23.8 Å². The summed E-state index contributed by atoms with van der Waals surface area (Å²) in [6, 6.07) is 0.442. The fourth-order valence-corrected chi connectivity index (χ4v) is 0.654. The number of aliphatic hydroxyl groups is 1. The Labute approximate surface area is 70.0 Å². The van der Waals surface area contributed by atoms with Crippen LogP contribution in [0, 0.1) is 5.41 Å². The van der Waals surface area contributed by atoms with E-state index in [9.17, 15) is 0 Å². The van der Waals surface area contributed by atoms with Gasteiger partial charge in [-0.25, -0.2) is 0 Å². The molecule has 0 heterocycles. The first-order valence-corrected chi connectivity index (χ1v) is 4.25. The van der Waals surface area contributed by atoms with Crippen molar-refractivity contribution < 1.29 is 5.11 Å². The zero-order chi connectivity index (χ0) is 9.07. The van der Waals surface area contributed by atoms with Crippen molar-refractivity contribution in [2.75, 3.05) is 6.54 Å². The average molecular weight is 159 g/mol. The Bertz CT molecular complexity index is 105. The summed E-state index contributed by atoms with van der Waals surface area (Å²) in [6.45, 7) is 11.2. The number of rotatable bonds is 3. The molecule has 0 saturated heterocycles. The second kappa shape index (κ2) is 4.07. The van der Waals surface area contributed by atoms with Crippen LogP contribution in [-0.2, 0) is 0 Å². The summed E-state index contributed by atoms with van der Waals surface area (Å²) in [5.74, 6) is 0. The monoisotopic (exact) mass is 159 g/mol. The summed E-state index contributed by atoms with van der Waals surface area (Å²) in [6.07, 6.45) is -0.250. The standard InChI is InChI=1S/C9H21NO/c1-7(11)6-10-8(2)9(3,4)5/h7-8,10-11H,6H2,1-5H3. The molecular weight excluding hydrogens is 138 g/mol. The summed E-state index contributed by atoms with van der Waals surface area (Å²) in [4.78, 5) is 0. The molecule has 68 valence electrons. The van der Waals surface area contributed by atoms with E-state index >= 15 is 0 Å². The third-order valence-electron chi connectivity index (χ3n) is 2.02. The molecule has 0 bridgehead atoms. The predicted molar refractivity (Wildman–Crippen MR) is 48.6 cm³/mol. The maximum absolute atomic E-state index is 9.00. The third-order valence-corrected chi connectivity index (χ3v) is 2.02. The van der Waals surface area contributed by atoms with Crippen molar-refractivity contribution in [3.8, 4) is 0 Å².